The van der Waals surface area contributed by atoms with Crippen LogP contribution in [-0.4, -0.2) is 43.5 Å². The van der Waals surface area contributed by atoms with Gasteiger partial charge in [0.15, 0.2) is 5.82 Å². The van der Waals surface area contributed by atoms with E-state index >= 15 is 0 Å². The molecule has 8 nitrogen and oxygen atoms in total. The zero-order chi connectivity index (χ0) is 25.5. The average Bonchev–Trinajstić information content (AvgIpc) is 3.13. The SMILES string of the molecule is Cc1c(NC(=O)c2ccc3c(c2)CCN(C(=O)O)C3C(C)(C)C)nnn1Cc1ccc(Cl)c(Cl)c1. The van der Waals surface area contributed by atoms with Crippen molar-refractivity contribution in [2.24, 2.45) is 5.41 Å². The standard InChI is InChI=1S/C25H27Cl2N5O3/c1-14-22(29-30-32(14)13-15-5-8-19(26)20(27)11-15)28-23(33)17-6-7-18-16(12-17)9-10-31(24(34)35)21(18)25(2,3)4/h5-8,11-12,21H,9-10,13H2,1-4H3,(H,28,33)(H,34,35). The van der Waals surface area contributed by atoms with E-state index in [2.05, 4.69) is 15.6 Å². The maximum Gasteiger partial charge on any atom is 0.407 e. The summed E-state index contributed by atoms with van der Waals surface area (Å²) in [5.41, 5.74) is 3.72. The number of carbonyl (C=O) groups excluding carboxylic acids is 1. The van der Waals surface area contributed by atoms with Crippen molar-refractivity contribution in [3.63, 3.8) is 0 Å². The van der Waals surface area contributed by atoms with Crippen molar-refractivity contribution >= 4 is 41.0 Å². The Morgan fingerprint density at radius 3 is 2.54 bits per heavy atom. The minimum absolute atomic E-state index is 0.288. The number of nitrogens with zero attached hydrogens (tertiary/aromatic N) is 4. The van der Waals surface area contributed by atoms with E-state index in [-0.39, 0.29) is 17.4 Å². The van der Waals surface area contributed by atoms with Gasteiger partial charge in [-0.05, 0) is 59.7 Å². The number of benzene rings is 2. The van der Waals surface area contributed by atoms with Gasteiger partial charge in [-0.25, -0.2) is 9.48 Å². The average molecular weight is 516 g/mol. The van der Waals surface area contributed by atoms with E-state index < -0.39 is 6.09 Å². The summed E-state index contributed by atoms with van der Waals surface area (Å²) in [5, 5.41) is 21.8. The summed E-state index contributed by atoms with van der Waals surface area (Å²) in [6.45, 7) is 8.71. The van der Waals surface area contributed by atoms with Gasteiger partial charge >= 0.3 is 6.09 Å². The fourth-order valence-electron chi connectivity index (χ4n) is 4.52. The Bertz CT molecular complexity index is 1300. The molecule has 1 unspecified atom stereocenters. The molecule has 1 atom stereocenters. The van der Waals surface area contributed by atoms with Crippen molar-refractivity contribution in [1.29, 1.82) is 0 Å². The van der Waals surface area contributed by atoms with Crippen molar-refractivity contribution in [1.82, 2.24) is 19.9 Å². The van der Waals surface area contributed by atoms with Crippen molar-refractivity contribution in [2.45, 2.75) is 46.7 Å². The van der Waals surface area contributed by atoms with E-state index in [9.17, 15) is 14.7 Å². The Morgan fingerprint density at radius 1 is 1.14 bits per heavy atom. The number of fused-ring (bicyclic) bond motifs is 1. The highest BCUT2D eigenvalue weighted by atomic mass is 35.5. The summed E-state index contributed by atoms with van der Waals surface area (Å²) < 4.78 is 1.68. The van der Waals surface area contributed by atoms with Crippen LogP contribution in [0.5, 0.6) is 0 Å². The highest BCUT2D eigenvalue weighted by Crippen LogP contribution is 2.42. The number of halogens is 2. The predicted molar refractivity (Wildman–Crippen MR) is 135 cm³/mol. The van der Waals surface area contributed by atoms with Crippen LogP contribution in [0.2, 0.25) is 10.0 Å². The first-order valence-corrected chi connectivity index (χ1v) is 12.0. The molecule has 2 heterocycles. The molecule has 1 aromatic heterocycles. The number of hydrogen-bond donors (Lipinski definition) is 2. The molecule has 0 bridgehead atoms. The minimum Gasteiger partial charge on any atom is -0.465 e. The van der Waals surface area contributed by atoms with Crippen LogP contribution in [0, 0.1) is 12.3 Å². The van der Waals surface area contributed by atoms with Gasteiger partial charge in [0.2, 0.25) is 0 Å². The monoisotopic (exact) mass is 515 g/mol. The lowest BCUT2D eigenvalue weighted by Gasteiger charge is -2.43. The molecular formula is C25H27Cl2N5O3. The Morgan fingerprint density at radius 2 is 1.89 bits per heavy atom. The fourth-order valence-corrected chi connectivity index (χ4v) is 4.85. The molecule has 0 fully saturated rings. The molecule has 1 aliphatic rings. The first-order chi connectivity index (χ1) is 16.5. The molecule has 35 heavy (non-hydrogen) atoms. The third-order valence-electron chi connectivity index (χ3n) is 6.23. The Kier molecular flexibility index (Phi) is 6.79. The lowest BCUT2D eigenvalue weighted by molar-refractivity contribution is 0.0758. The molecule has 10 heteroatoms. The summed E-state index contributed by atoms with van der Waals surface area (Å²) in [6.07, 6.45) is -0.384. The van der Waals surface area contributed by atoms with E-state index in [1.54, 1.807) is 22.9 Å². The minimum atomic E-state index is -0.933. The second-order valence-corrected chi connectivity index (χ2v) is 10.6. The number of carboxylic acid groups (broad SMARTS) is 1. The van der Waals surface area contributed by atoms with Gasteiger partial charge in [-0.15, -0.1) is 5.10 Å². The lowest BCUT2D eigenvalue weighted by Crippen LogP contribution is -2.44. The maximum absolute atomic E-state index is 13.0. The maximum atomic E-state index is 13.0. The van der Waals surface area contributed by atoms with E-state index in [0.717, 1.165) is 16.7 Å². The molecule has 0 aliphatic carbocycles. The third-order valence-corrected chi connectivity index (χ3v) is 6.97. The van der Waals surface area contributed by atoms with E-state index in [0.29, 0.717) is 46.6 Å². The highest BCUT2D eigenvalue weighted by Gasteiger charge is 2.38. The van der Waals surface area contributed by atoms with Gasteiger partial charge in [0, 0.05) is 12.1 Å². The van der Waals surface area contributed by atoms with Crippen molar-refractivity contribution in [2.75, 3.05) is 11.9 Å². The molecule has 1 aliphatic heterocycles. The van der Waals surface area contributed by atoms with Crippen LogP contribution < -0.4 is 5.32 Å². The molecule has 2 N–H and O–H groups in total. The number of anilines is 1. The molecule has 184 valence electrons. The highest BCUT2D eigenvalue weighted by molar-refractivity contribution is 6.42. The number of rotatable bonds is 4. The third kappa shape index (κ3) is 5.13. The summed E-state index contributed by atoms with van der Waals surface area (Å²) in [6, 6.07) is 10.5. The molecule has 0 saturated heterocycles. The molecular weight excluding hydrogens is 489 g/mol. The zero-order valence-electron chi connectivity index (χ0n) is 20.0. The first-order valence-electron chi connectivity index (χ1n) is 11.2. The van der Waals surface area contributed by atoms with Crippen molar-refractivity contribution in [3.05, 3.63) is 74.4 Å². The van der Waals surface area contributed by atoms with Gasteiger partial charge in [-0.2, -0.15) is 0 Å². The molecule has 2 aromatic carbocycles. The number of nitrogens with one attached hydrogen (secondary N) is 1. The van der Waals surface area contributed by atoms with Gasteiger partial charge in [0.1, 0.15) is 0 Å². The number of aromatic nitrogens is 3. The Labute approximate surface area is 213 Å². The largest absolute Gasteiger partial charge is 0.465 e. The Hall–Kier alpha value is -3.10. The zero-order valence-corrected chi connectivity index (χ0v) is 21.5. The number of hydrogen-bond acceptors (Lipinski definition) is 4. The predicted octanol–water partition coefficient (Wildman–Crippen LogP) is 5.82. The molecule has 0 spiro atoms. The van der Waals surface area contributed by atoms with Gasteiger partial charge < -0.3 is 15.3 Å². The normalized spacial score (nSPS) is 15.6. The van der Waals surface area contributed by atoms with Crippen molar-refractivity contribution < 1.29 is 14.7 Å². The summed E-state index contributed by atoms with van der Waals surface area (Å²) >= 11 is 12.1. The van der Waals surface area contributed by atoms with Gasteiger partial charge in [-0.3, -0.25) is 4.79 Å². The number of carbonyl (C=O) groups is 2. The fraction of sp³-hybridized carbons (Fsp3) is 0.360. The smallest absolute Gasteiger partial charge is 0.407 e. The molecule has 0 radical (unpaired) electrons. The van der Waals surface area contributed by atoms with Gasteiger partial charge in [0.25, 0.3) is 5.91 Å². The molecule has 2 amide bonds. The van der Waals surface area contributed by atoms with Crippen LogP contribution in [0.25, 0.3) is 0 Å². The first kappa shape index (κ1) is 25.0. The Balaban J connectivity index is 1.53. The van der Waals surface area contributed by atoms with E-state index in [1.807, 2.05) is 45.9 Å². The lowest BCUT2D eigenvalue weighted by atomic mass is 9.77. The summed E-state index contributed by atoms with van der Waals surface area (Å²) in [4.78, 5) is 26.3. The van der Waals surface area contributed by atoms with Crippen LogP contribution in [0.3, 0.4) is 0 Å². The van der Waals surface area contributed by atoms with Crippen LogP contribution in [0.15, 0.2) is 36.4 Å². The van der Waals surface area contributed by atoms with Crippen LogP contribution in [0.4, 0.5) is 10.6 Å². The van der Waals surface area contributed by atoms with E-state index in [1.165, 1.54) is 4.90 Å². The van der Waals surface area contributed by atoms with Gasteiger partial charge in [0.05, 0.1) is 28.3 Å². The quantitative estimate of drug-likeness (QED) is 0.456. The molecule has 4 rings (SSSR count). The topological polar surface area (TPSA) is 100 Å². The number of amides is 2. The molecule has 3 aromatic rings. The van der Waals surface area contributed by atoms with Gasteiger partial charge in [-0.1, -0.05) is 61.3 Å². The van der Waals surface area contributed by atoms with Crippen LogP contribution >= 0.6 is 23.2 Å². The summed E-state index contributed by atoms with van der Waals surface area (Å²) in [5.74, 6) is 0.0721. The second-order valence-electron chi connectivity index (χ2n) is 9.79. The molecule has 0 saturated carbocycles. The van der Waals surface area contributed by atoms with Crippen molar-refractivity contribution in [3.8, 4) is 0 Å². The van der Waals surface area contributed by atoms with E-state index in [4.69, 9.17) is 23.2 Å². The van der Waals surface area contributed by atoms with Crippen LogP contribution in [-0.2, 0) is 13.0 Å². The van der Waals surface area contributed by atoms with Crippen LogP contribution in [0.1, 0.15) is 59.6 Å². The summed E-state index contributed by atoms with van der Waals surface area (Å²) in [7, 11) is 0. The second kappa shape index (κ2) is 9.51.